The van der Waals surface area contributed by atoms with Crippen LogP contribution in [0, 0.1) is 5.92 Å². The Balaban J connectivity index is 1.93. The summed E-state index contributed by atoms with van der Waals surface area (Å²) in [5.41, 5.74) is 0. The van der Waals surface area contributed by atoms with Crippen LogP contribution >= 0.6 is 11.3 Å². The van der Waals surface area contributed by atoms with Crippen LogP contribution in [0.3, 0.4) is 0 Å². The predicted molar refractivity (Wildman–Crippen MR) is 85.3 cm³/mol. The molecule has 1 unspecified atom stereocenters. The van der Waals surface area contributed by atoms with Crippen molar-refractivity contribution in [3.05, 3.63) is 17.5 Å². The molecule has 1 aliphatic heterocycles. The van der Waals surface area contributed by atoms with Crippen molar-refractivity contribution < 1.29 is 17.9 Å². The summed E-state index contributed by atoms with van der Waals surface area (Å²) in [6.45, 7) is 1.90. The molecule has 0 radical (unpaired) electrons. The molecule has 1 N–H and O–H groups in total. The fourth-order valence-electron chi connectivity index (χ4n) is 2.48. The predicted octanol–water partition coefficient (Wildman–Crippen LogP) is 1.30. The second-order valence-corrected chi connectivity index (χ2v) is 8.38. The van der Waals surface area contributed by atoms with E-state index in [0.717, 1.165) is 12.8 Å². The van der Waals surface area contributed by atoms with Gasteiger partial charge in [-0.3, -0.25) is 4.79 Å². The van der Waals surface area contributed by atoms with Gasteiger partial charge in [0.05, 0.1) is 5.92 Å². The van der Waals surface area contributed by atoms with Crippen molar-refractivity contribution in [2.75, 3.05) is 33.4 Å². The van der Waals surface area contributed by atoms with E-state index in [4.69, 9.17) is 4.74 Å². The van der Waals surface area contributed by atoms with E-state index in [9.17, 15) is 13.2 Å². The molecule has 1 amide bonds. The van der Waals surface area contributed by atoms with Gasteiger partial charge in [0.1, 0.15) is 4.21 Å². The third-order valence-electron chi connectivity index (χ3n) is 3.67. The summed E-state index contributed by atoms with van der Waals surface area (Å²) in [4.78, 5) is 12.1. The topological polar surface area (TPSA) is 75.7 Å². The molecule has 2 heterocycles. The zero-order chi connectivity index (χ0) is 16.0. The lowest BCUT2D eigenvalue weighted by Gasteiger charge is -2.30. The van der Waals surface area contributed by atoms with Crippen LogP contribution < -0.4 is 5.32 Å². The van der Waals surface area contributed by atoms with Crippen molar-refractivity contribution in [2.24, 2.45) is 5.92 Å². The van der Waals surface area contributed by atoms with Crippen LogP contribution in [-0.4, -0.2) is 52.0 Å². The van der Waals surface area contributed by atoms with Crippen LogP contribution in [0.2, 0.25) is 0 Å². The van der Waals surface area contributed by atoms with Crippen LogP contribution in [-0.2, 0) is 19.6 Å². The van der Waals surface area contributed by atoms with Crippen molar-refractivity contribution in [2.45, 2.75) is 23.5 Å². The van der Waals surface area contributed by atoms with Crippen LogP contribution in [0.4, 0.5) is 0 Å². The first-order chi connectivity index (χ1) is 10.6. The second-order valence-electron chi connectivity index (χ2n) is 5.27. The first-order valence-electron chi connectivity index (χ1n) is 7.36. The number of sulfonamides is 1. The Morgan fingerprint density at radius 2 is 2.36 bits per heavy atom. The van der Waals surface area contributed by atoms with E-state index in [-0.39, 0.29) is 18.4 Å². The molecule has 1 aromatic heterocycles. The van der Waals surface area contributed by atoms with Gasteiger partial charge in [-0.05, 0) is 30.7 Å². The molecule has 1 atom stereocenters. The number of nitrogens with zero attached hydrogens (tertiary/aromatic N) is 1. The van der Waals surface area contributed by atoms with Crippen LogP contribution in [0.15, 0.2) is 21.7 Å². The summed E-state index contributed by atoms with van der Waals surface area (Å²) in [5, 5.41) is 4.60. The minimum Gasteiger partial charge on any atom is -0.385 e. The molecular formula is C14H22N2O4S2. The molecule has 1 aliphatic rings. The molecule has 1 aromatic rings. The minimum absolute atomic E-state index is 0.0674. The maximum Gasteiger partial charge on any atom is 0.252 e. The molecule has 22 heavy (non-hydrogen) atoms. The average Bonchev–Trinajstić information content (AvgIpc) is 3.06. The number of carbonyl (C=O) groups is 1. The highest BCUT2D eigenvalue weighted by molar-refractivity contribution is 7.91. The van der Waals surface area contributed by atoms with Gasteiger partial charge in [-0.25, -0.2) is 8.42 Å². The molecule has 8 heteroatoms. The Hall–Kier alpha value is -0.960. The number of methoxy groups -OCH3 is 1. The largest absolute Gasteiger partial charge is 0.385 e. The highest BCUT2D eigenvalue weighted by atomic mass is 32.2. The number of nitrogens with one attached hydrogen (secondary N) is 1. The Morgan fingerprint density at radius 1 is 1.55 bits per heavy atom. The average molecular weight is 346 g/mol. The lowest BCUT2D eigenvalue weighted by atomic mass is 9.99. The fourth-order valence-corrected chi connectivity index (χ4v) is 5.15. The first kappa shape index (κ1) is 17.4. The molecule has 0 aromatic carbocycles. The van der Waals surface area contributed by atoms with Crippen LogP contribution in [0.5, 0.6) is 0 Å². The van der Waals surface area contributed by atoms with Gasteiger partial charge >= 0.3 is 0 Å². The number of amides is 1. The van der Waals surface area contributed by atoms with Gasteiger partial charge in [-0.15, -0.1) is 11.3 Å². The van der Waals surface area contributed by atoms with E-state index >= 15 is 0 Å². The SMILES string of the molecule is COCCCNC(=O)C1CCCN(S(=O)(=O)c2cccs2)C1. The normalized spacial score (nSPS) is 20.0. The number of carbonyl (C=O) groups excluding carboxylic acids is 1. The number of thiophene rings is 1. The Labute approximate surface area is 135 Å². The summed E-state index contributed by atoms with van der Waals surface area (Å²) in [6, 6.07) is 3.33. The summed E-state index contributed by atoms with van der Waals surface area (Å²) in [5.74, 6) is -0.340. The monoisotopic (exact) mass is 346 g/mol. The van der Waals surface area contributed by atoms with E-state index in [2.05, 4.69) is 5.32 Å². The van der Waals surface area contributed by atoms with Gasteiger partial charge < -0.3 is 10.1 Å². The van der Waals surface area contributed by atoms with Gasteiger partial charge in [0, 0.05) is 33.4 Å². The molecule has 1 saturated heterocycles. The quantitative estimate of drug-likeness (QED) is 0.755. The Kier molecular flexibility index (Phi) is 6.37. The van der Waals surface area contributed by atoms with Crippen molar-refractivity contribution in [1.82, 2.24) is 9.62 Å². The third-order valence-corrected chi connectivity index (χ3v) is 6.91. The first-order valence-corrected chi connectivity index (χ1v) is 9.68. The molecule has 0 saturated carbocycles. The lowest BCUT2D eigenvalue weighted by molar-refractivity contribution is -0.126. The molecule has 0 bridgehead atoms. The molecule has 0 aliphatic carbocycles. The molecule has 124 valence electrons. The molecule has 6 nitrogen and oxygen atoms in total. The van der Waals surface area contributed by atoms with E-state index in [1.54, 1.807) is 24.6 Å². The fraction of sp³-hybridized carbons (Fsp3) is 0.643. The number of piperidine rings is 1. The van der Waals surface area contributed by atoms with Crippen molar-refractivity contribution in [3.63, 3.8) is 0 Å². The van der Waals surface area contributed by atoms with E-state index in [1.165, 1.54) is 15.6 Å². The van der Waals surface area contributed by atoms with Crippen molar-refractivity contribution >= 4 is 27.3 Å². The van der Waals surface area contributed by atoms with Crippen molar-refractivity contribution in [1.29, 1.82) is 0 Å². The summed E-state index contributed by atoms with van der Waals surface area (Å²) in [6.07, 6.45) is 2.19. The van der Waals surface area contributed by atoms with Crippen LogP contribution in [0.25, 0.3) is 0 Å². The number of ether oxygens (including phenoxy) is 1. The van der Waals surface area contributed by atoms with Gasteiger partial charge in [0.15, 0.2) is 0 Å². The zero-order valence-corrected chi connectivity index (χ0v) is 14.3. The van der Waals surface area contributed by atoms with Crippen molar-refractivity contribution in [3.8, 4) is 0 Å². The van der Waals surface area contributed by atoms with Gasteiger partial charge in [-0.2, -0.15) is 4.31 Å². The number of hydrogen-bond acceptors (Lipinski definition) is 5. The number of rotatable bonds is 7. The highest BCUT2D eigenvalue weighted by Crippen LogP contribution is 2.26. The summed E-state index contributed by atoms with van der Waals surface area (Å²) >= 11 is 1.21. The maximum atomic E-state index is 12.5. The van der Waals surface area contributed by atoms with Crippen LogP contribution in [0.1, 0.15) is 19.3 Å². The highest BCUT2D eigenvalue weighted by Gasteiger charge is 2.33. The zero-order valence-electron chi connectivity index (χ0n) is 12.7. The maximum absolute atomic E-state index is 12.5. The van der Waals surface area contributed by atoms with Gasteiger partial charge in [-0.1, -0.05) is 6.07 Å². The smallest absolute Gasteiger partial charge is 0.252 e. The Morgan fingerprint density at radius 3 is 3.05 bits per heavy atom. The molecule has 0 spiro atoms. The molecule has 2 rings (SSSR count). The van der Waals surface area contributed by atoms with E-state index < -0.39 is 10.0 Å². The third kappa shape index (κ3) is 4.28. The Bertz CT molecular complexity index is 572. The second kappa shape index (κ2) is 8.05. The minimum atomic E-state index is -3.46. The lowest BCUT2D eigenvalue weighted by Crippen LogP contribution is -2.45. The number of hydrogen-bond donors (Lipinski definition) is 1. The summed E-state index contributed by atoms with van der Waals surface area (Å²) in [7, 11) is -1.84. The molecular weight excluding hydrogens is 324 g/mol. The standard InChI is InChI=1S/C14H22N2O4S2/c1-20-9-4-7-15-14(17)12-5-2-8-16(11-12)22(18,19)13-6-3-10-21-13/h3,6,10,12H,2,4-5,7-9,11H2,1H3,(H,15,17). The van der Waals surface area contributed by atoms with Gasteiger partial charge in [0.25, 0.3) is 10.0 Å². The van der Waals surface area contributed by atoms with E-state index in [1.807, 2.05) is 0 Å². The molecule has 1 fully saturated rings. The van der Waals surface area contributed by atoms with E-state index in [0.29, 0.717) is 30.3 Å². The van der Waals surface area contributed by atoms with Gasteiger partial charge in [0.2, 0.25) is 5.91 Å². The summed E-state index contributed by atoms with van der Waals surface area (Å²) < 4.78 is 31.7.